The van der Waals surface area contributed by atoms with E-state index in [9.17, 15) is 19.5 Å². The number of hydrogen-bond donors (Lipinski definition) is 2. The highest BCUT2D eigenvalue weighted by Gasteiger charge is 2.59. The van der Waals surface area contributed by atoms with Gasteiger partial charge in [-0.15, -0.1) is 11.8 Å². The lowest BCUT2D eigenvalue weighted by Gasteiger charge is -2.55. The van der Waals surface area contributed by atoms with E-state index in [1.807, 2.05) is 37.3 Å². The number of fused-ring (bicyclic) bond motifs is 2. The number of nitrogens with one attached hydrogen (secondary N) is 1. The van der Waals surface area contributed by atoms with E-state index >= 15 is 0 Å². The summed E-state index contributed by atoms with van der Waals surface area (Å²) in [6.45, 7) is 2.46. The highest BCUT2D eigenvalue weighted by molar-refractivity contribution is 8.01. The first-order valence-electron chi connectivity index (χ1n) is 8.91. The van der Waals surface area contributed by atoms with Crippen molar-refractivity contribution in [3.8, 4) is 0 Å². The van der Waals surface area contributed by atoms with Crippen molar-refractivity contribution in [3.63, 3.8) is 0 Å². The summed E-state index contributed by atoms with van der Waals surface area (Å²) in [5.41, 5.74) is 1.68. The van der Waals surface area contributed by atoms with E-state index in [0.717, 1.165) is 11.1 Å². The number of β-lactam (4-membered cyclic amide) rings is 1. The molecule has 2 amide bonds. The Kier molecular flexibility index (Phi) is 4.69. The maximum absolute atomic E-state index is 12.6. The van der Waals surface area contributed by atoms with E-state index in [-0.39, 0.29) is 35.3 Å². The zero-order valence-corrected chi connectivity index (χ0v) is 15.6. The monoisotopic (exact) mass is 388 g/mol. The molecule has 0 bridgehead atoms. The minimum atomic E-state index is -1.10. The normalized spacial score (nSPS) is 28.6. The molecule has 2 heterocycles. The summed E-state index contributed by atoms with van der Waals surface area (Å²) in [7, 11) is 0. The molecule has 1 aromatic carbocycles. The summed E-state index contributed by atoms with van der Waals surface area (Å²) in [5.74, 6) is -1.71. The number of carbonyl (C=O) groups is 3. The van der Waals surface area contributed by atoms with Crippen LogP contribution in [0.1, 0.15) is 18.9 Å². The Balaban J connectivity index is 1.48. The Labute approximate surface area is 160 Å². The number of carboxylic acids is 1. The van der Waals surface area contributed by atoms with Crippen LogP contribution in [0.5, 0.6) is 0 Å². The fourth-order valence-corrected chi connectivity index (χ4v) is 5.49. The largest absolute Gasteiger partial charge is 0.477 e. The van der Waals surface area contributed by atoms with Crippen LogP contribution in [0.2, 0.25) is 0 Å². The molecule has 0 unspecified atom stereocenters. The molecule has 4 rings (SSSR count). The number of carbonyl (C=O) groups excluding carboxylic acids is 2. The minimum Gasteiger partial charge on any atom is -0.477 e. The standard InChI is InChI=1S/C19H20N2O5S/c1-2-26-12-9-11-15(19(24)25)21-17(23)14(18(21)27-16(11)12)20-13(22)8-10-6-4-3-5-7-10/h3-7,12,14,16,18H,2,8-9H2,1H3,(H,20,22)(H,24,25)/t12-,14+,16+,18+/m0/s1. The zero-order valence-electron chi connectivity index (χ0n) is 14.8. The second-order valence-corrected chi connectivity index (χ2v) is 8.00. The molecule has 4 atom stereocenters. The summed E-state index contributed by atoms with van der Waals surface area (Å²) in [6.07, 6.45) is 0.678. The molecule has 0 spiro atoms. The molecule has 2 fully saturated rings. The molecule has 8 heteroatoms. The van der Waals surface area contributed by atoms with Crippen molar-refractivity contribution in [1.29, 1.82) is 0 Å². The van der Waals surface area contributed by atoms with Gasteiger partial charge in [0.15, 0.2) is 0 Å². The number of thioether (sulfide) groups is 1. The van der Waals surface area contributed by atoms with Crippen LogP contribution in [0.25, 0.3) is 0 Å². The van der Waals surface area contributed by atoms with Crippen LogP contribution in [0.4, 0.5) is 0 Å². The Bertz CT molecular complexity index is 825. The molecule has 1 saturated carbocycles. The Hall–Kier alpha value is -2.32. The summed E-state index contributed by atoms with van der Waals surface area (Å²) < 4.78 is 5.67. The predicted octanol–water partition coefficient (Wildman–Crippen LogP) is 1.15. The van der Waals surface area contributed by atoms with Gasteiger partial charge in [0.25, 0.3) is 5.91 Å². The number of aliphatic carboxylic acids is 1. The third-order valence-corrected chi connectivity index (χ3v) is 6.73. The molecular weight excluding hydrogens is 368 g/mol. The van der Waals surface area contributed by atoms with Crippen molar-refractivity contribution in [2.24, 2.45) is 0 Å². The van der Waals surface area contributed by atoms with Crippen LogP contribution in [0, 0.1) is 0 Å². The van der Waals surface area contributed by atoms with Gasteiger partial charge in [0, 0.05) is 6.61 Å². The minimum absolute atomic E-state index is 0.0390. The van der Waals surface area contributed by atoms with Crippen molar-refractivity contribution in [1.82, 2.24) is 10.2 Å². The quantitative estimate of drug-likeness (QED) is 0.710. The highest BCUT2D eigenvalue weighted by Crippen LogP contribution is 2.52. The summed E-state index contributed by atoms with van der Waals surface area (Å²) in [5, 5.41) is 11.9. The summed E-state index contributed by atoms with van der Waals surface area (Å²) in [4.78, 5) is 37.9. The smallest absolute Gasteiger partial charge is 0.352 e. The lowest BCUT2D eigenvalue weighted by Crippen LogP contribution is -2.72. The molecular formula is C19H20N2O5S. The van der Waals surface area contributed by atoms with Crippen molar-refractivity contribution in [2.75, 3.05) is 6.61 Å². The number of hydrogen-bond acceptors (Lipinski definition) is 5. The predicted molar refractivity (Wildman–Crippen MR) is 98.8 cm³/mol. The molecule has 1 aliphatic carbocycles. The van der Waals surface area contributed by atoms with E-state index in [1.165, 1.54) is 16.7 Å². The lowest BCUT2D eigenvalue weighted by molar-refractivity contribution is -0.151. The second-order valence-electron chi connectivity index (χ2n) is 6.74. The number of carboxylic acid groups (broad SMARTS) is 1. The van der Waals surface area contributed by atoms with Gasteiger partial charge in [-0.1, -0.05) is 30.3 Å². The van der Waals surface area contributed by atoms with E-state index in [1.54, 1.807) is 0 Å². The Morgan fingerprint density at radius 3 is 2.74 bits per heavy atom. The molecule has 142 valence electrons. The van der Waals surface area contributed by atoms with Crippen LogP contribution in [0.15, 0.2) is 41.6 Å². The topological polar surface area (TPSA) is 95.9 Å². The van der Waals surface area contributed by atoms with Crippen LogP contribution in [-0.2, 0) is 25.5 Å². The number of benzene rings is 1. The SMILES string of the molecule is CCO[C@H]1CC2=C(C(=O)O)N3C(=O)[C@@H](NC(=O)Cc4ccccc4)[C@H]3S[C@H]21. The molecule has 0 aromatic heterocycles. The fourth-order valence-electron chi connectivity index (χ4n) is 3.79. The van der Waals surface area contributed by atoms with Gasteiger partial charge < -0.3 is 15.2 Å². The first kappa shape index (κ1) is 18.1. The number of amides is 2. The van der Waals surface area contributed by atoms with Gasteiger partial charge in [0.2, 0.25) is 5.91 Å². The summed E-state index contributed by atoms with van der Waals surface area (Å²) >= 11 is 1.50. The van der Waals surface area contributed by atoms with Crippen molar-refractivity contribution in [3.05, 3.63) is 47.2 Å². The van der Waals surface area contributed by atoms with Gasteiger partial charge >= 0.3 is 5.97 Å². The first-order chi connectivity index (χ1) is 13.0. The van der Waals surface area contributed by atoms with Gasteiger partial charge in [0.1, 0.15) is 17.1 Å². The maximum atomic E-state index is 12.6. The lowest BCUT2D eigenvalue weighted by atomic mass is 9.84. The Morgan fingerprint density at radius 2 is 2.07 bits per heavy atom. The van der Waals surface area contributed by atoms with Crippen LogP contribution < -0.4 is 5.32 Å². The Morgan fingerprint density at radius 1 is 1.33 bits per heavy atom. The molecule has 3 aliphatic rings. The van der Waals surface area contributed by atoms with Gasteiger partial charge in [-0.05, 0) is 24.5 Å². The van der Waals surface area contributed by atoms with Crippen LogP contribution in [0.3, 0.4) is 0 Å². The number of ether oxygens (including phenoxy) is 1. The first-order valence-corrected chi connectivity index (χ1v) is 9.85. The third-order valence-electron chi connectivity index (χ3n) is 5.08. The molecule has 1 saturated heterocycles. The van der Waals surface area contributed by atoms with Crippen molar-refractivity contribution in [2.45, 2.75) is 42.5 Å². The van der Waals surface area contributed by atoms with E-state index in [4.69, 9.17) is 4.74 Å². The molecule has 1 aromatic rings. The summed E-state index contributed by atoms with van der Waals surface area (Å²) in [6, 6.07) is 8.57. The van der Waals surface area contributed by atoms with E-state index < -0.39 is 17.4 Å². The van der Waals surface area contributed by atoms with Gasteiger partial charge in [-0.3, -0.25) is 14.5 Å². The van der Waals surface area contributed by atoms with Gasteiger partial charge in [-0.25, -0.2) is 4.79 Å². The number of rotatable bonds is 6. The van der Waals surface area contributed by atoms with Crippen molar-refractivity contribution < 1.29 is 24.2 Å². The van der Waals surface area contributed by atoms with Gasteiger partial charge in [0.05, 0.1) is 17.8 Å². The zero-order chi connectivity index (χ0) is 19.1. The second kappa shape index (κ2) is 7.01. The van der Waals surface area contributed by atoms with Crippen LogP contribution >= 0.6 is 11.8 Å². The molecule has 0 radical (unpaired) electrons. The highest BCUT2D eigenvalue weighted by atomic mass is 32.2. The van der Waals surface area contributed by atoms with Gasteiger partial charge in [-0.2, -0.15) is 0 Å². The average Bonchev–Trinajstić information content (AvgIpc) is 2.64. The van der Waals surface area contributed by atoms with Crippen molar-refractivity contribution >= 4 is 29.5 Å². The van der Waals surface area contributed by atoms with E-state index in [2.05, 4.69) is 5.32 Å². The number of nitrogens with zero attached hydrogens (tertiary/aromatic N) is 1. The molecule has 2 N–H and O–H groups in total. The maximum Gasteiger partial charge on any atom is 0.352 e. The molecule has 7 nitrogen and oxygen atoms in total. The fraction of sp³-hybridized carbons (Fsp3) is 0.421. The molecule has 27 heavy (non-hydrogen) atoms. The molecule has 2 aliphatic heterocycles. The average molecular weight is 388 g/mol. The van der Waals surface area contributed by atoms with E-state index in [0.29, 0.717) is 13.0 Å². The third kappa shape index (κ3) is 3.02. The van der Waals surface area contributed by atoms with Crippen LogP contribution in [-0.4, -0.2) is 57.2 Å².